The molecule has 2 aliphatic rings. The number of para-hydroxylation sites is 1. The van der Waals surface area contributed by atoms with Crippen LogP contribution in [0.25, 0.3) is 0 Å². The molecule has 1 aliphatic heterocycles. The molecule has 0 unspecified atom stereocenters. The number of halogens is 3. The van der Waals surface area contributed by atoms with Crippen molar-refractivity contribution in [2.45, 2.75) is 83.0 Å². The van der Waals surface area contributed by atoms with Crippen LogP contribution in [0.5, 0.6) is 5.75 Å². The predicted octanol–water partition coefficient (Wildman–Crippen LogP) is 5.19. The lowest BCUT2D eigenvalue weighted by molar-refractivity contribution is -0.152. The van der Waals surface area contributed by atoms with Crippen molar-refractivity contribution in [1.82, 2.24) is 9.80 Å². The lowest BCUT2D eigenvalue weighted by atomic mass is 9.90. The average molecular weight is 455 g/mol. The molecule has 0 spiro atoms. The number of rotatable bonds is 3. The summed E-state index contributed by atoms with van der Waals surface area (Å²) < 4.78 is 44.6. The van der Waals surface area contributed by atoms with Crippen molar-refractivity contribution in [2.24, 2.45) is 0 Å². The summed E-state index contributed by atoms with van der Waals surface area (Å²) in [5.74, 6) is -0.0557. The minimum atomic E-state index is -4.36. The molecule has 1 aliphatic carbocycles. The Morgan fingerprint density at radius 1 is 1.06 bits per heavy atom. The zero-order chi connectivity index (χ0) is 23.1. The molecule has 178 valence electrons. The fourth-order valence-corrected chi connectivity index (χ4v) is 4.68. The molecule has 0 aromatic heterocycles. The Bertz CT molecular complexity index is 784. The summed E-state index contributed by atoms with van der Waals surface area (Å²) >= 11 is 0. The Morgan fingerprint density at radius 3 is 2.53 bits per heavy atom. The molecule has 2 amide bonds. The number of amides is 2. The molecule has 1 fully saturated rings. The topological polar surface area (TPSA) is 49.9 Å². The monoisotopic (exact) mass is 454 g/mol. The lowest BCUT2D eigenvalue weighted by Gasteiger charge is -2.40. The van der Waals surface area contributed by atoms with Gasteiger partial charge in [0.05, 0.1) is 18.0 Å². The van der Waals surface area contributed by atoms with Crippen LogP contribution in [-0.4, -0.2) is 59.6 Å². The maximum Gasteiger partial charge on any atom is 0.389 e. The van der Waals surface area contributed by atoms with Gasteiger partial charge in [-0.3, -0.25) is 9.59 Å². The minimum Gasteiger partial charge on any atom is -0.487 e. The van der Waals surface area contributed by atoms with Gasteiger partial charge in [0.1, 0.15) is 11.9 Å². The average Bonchev–Trinajstić information content (AvgIpc) is 2.78. The van der Waals surface area contributed by atoms with Crippen LogP contribution in [0.15, 0.2) is 24.3 Å². The van der Waals surface area contributed by atoms with Crippen LogP contribution in [0, 0.1) is 0 Å². The van der Waals surface area contributed by atoms with E-state index in [4.69, 9.17) is 4.74 Å². The van der Waals surface area contributed by atoms with Crippen molar-refractivity contribution in [3.05, 3.63) is 29.8 Å². The molecule has 32 heavy (non-hydrogen) atoms. The van der Waals surface area contributed by atoms with Gasteiger partial charge in [-0.15, -0.1) is 0 Å². The number of benzene rings is 1. The summed E-state index contributed by atoms with van der Waals surface area (Å²) in [5.41, 5.74) is 0.493. The Kier molecular flexibility index (Phi) is 8.43. The van der Waals surface area contributed by atoms with Gasteiger partial charge in [0.2, 0.25) is 5.91 Å². The molecule has 1 aromatic rings. The van der Waals surface area contributed by atoms with Gasteiger partial charge in [0.25, 0.3) is 5.91 Å². The zero-order valence-corrected chi connectivity index (χ0v) is 18.7. The number of fused-ring (bicyclic) bond motifs is 2. The maximum absolute atomic E-state index is 13.2. The molecular formula is C24H33F3N2O3. The Hall–Kier alpha value is -2.25. The van der Waals surface area contributed by atoms with Crippen molar-refractivity contribution in [3.63, 3.8) is 0 Å². The van der Waals surface area contributed by atoms with Gasteiger partial charge in [-0.2, -0.15) is 13.2 Å². The third-order valence-electron chi connectivity index (χ3n) is 6.40. The third kappa shape index (κ3) is 6.39. The summed E-state index contributed by atoms with van der Waals surface area (Å²) in [6.45, 7) is 3.54. The van der Waals surface area contributed by atoms with Crippen LogP contribution in [0.3, 0.4) is 0 Å². The Balaban J connectivity index is 1.89. The van der Waals surface area contributed by atoms with Crippen LogP contribution >= 0.6 is 0 Å². The van der Waals surface area contributed by atoms with Gasteiger partial charge < -0.3 is 14.5 Å². The van der Waals surface area contributed by atoms with E-state index >= 15 is 0 Å². The molecule has 3 rings (SSSR count). The summed E-state index contributed by atoms with van der Waals surface area (Å²) in [5, 5.41) is 0. The lowest BCUT2D eigenvalue weighted by Crippen LogP contribution is -2.51. The largest absolute Gasteiger partial charge is 0.487 e. The number of carbonyl (C=O) groups is 2. The van der Waals surface area contributed by atoms with Crippen LogP contribution < -0.4 is 4.74 Å². The van der Waals surface area contributed by atoms with Crippen LogP contribution in [0.4, 0.5) is 13.2 Å². The normalized spacial score (nSPS) is 23.2. The molecule has 0 saturated heterocycles. The summed E-state index contributed by atoms with van der Waals surface area (Å²) in [4.78, 5) is 29.5. The molecule has 2 atom stereocenters. The van der Waals surface area contributed by atoms with Crippen LogP contribution in [0.1, 0.15) is 75.1 Å². The molecule has 5 nitrogen and oxygen atoms in total. The molecule has 1 heterocycles. The minimum absolute atomic E-state index is 0.0761. The van der Waals surface area contributed by atoms with E-state index in [2.05, 4.69) is 0 Å². The van der Waals surface area contributed by atoms with Gasteiger partial charge in [-0.1, -0.05) is 18.6 Å². The molecule has 0 bridgehead atoms. The van der Waals surface area contributed by atoms with E-state index in [9.17, 15) is 22.8 Å². The van der Waals surface area contributed by atoms with Gasteiger partial charge in [-0.05, 0) is 57.6 Å². The number of hydrogen-bond acceptors (Lipinski definition) is 3. The molecule has 1 aromatic carbocycles. The number of alkyl halides is 3. The van der Waals surface area contributed by atoms with Crippen LogP contribution in [0.2, 0.25) is 0 Å². The highest BCUT2D eigenvalue weighted by Crippen LogP contribution is 2.31. The smallest absolute Gasteiger partial charge is 0.389 e. The second-order valence-corrected chi connectivity index (χ2v) is 8.65. The third-order valence-corrected chi connectivity index (χ3v) is 6.40. The molecule has 0 N–H and O–H groups in total. The van der Waals surface area contributed by atoms with E-state index < -0.39 is 24.9 Å². The van der Waals surface area contributed by atoms with Gasteiger partial charge >= 0.3 is 6.18 Å². The van der Waals surface area contributed by atoms with Crippen molar-refractivity contribution in [3.8, 4) is 5.75 Å². The van der Waals surface area contributed by atoms with E-state index in [-0.39, 0.29) is 18.1 Å². The summed E-state index contributed by atoms with van der Waals surface area (Å²) in [6.07, 6.45) is -0.856. The fourth-order valence-electron chi connectivity index (χ4n) is 4.68. The number of nitrogens with zero attached hydrogens (tertiary/aromatic N) is 2. The summed E-state index contributed by atoms with van der Waals surface area (Å²) in [6, 6.07) is 6.85. The van der Waals surface area contributed by atoms with Gasteiger partial charge in [0, 0.05) is 26.1 Å². The molecule has 0 radical (unpaired) electrons. The quantitative estimate of drug-likeness (QED) is 0.631. The van der Waals surface area contributed by atoms with E-state index in [1.165, 1.54) is 0 Å². The molecule has 8 heteroatoms. The first-order valence-electron chi connectivity index (χ1n) is 11.7. The molecule has 1 saturated carbocycles. The maximum atomic E-state index is 13.2. The van der Waals surface area contributed by atoms with E-state index in [0.717, 1.165) is 25.7 Å². The van der Waals surface area contributed by atoms with E-state index in [1.807, 2.05) is 13.0 Å². The SMILES string of the molecule is CCN1CCCCCN(C(=O)CCC(F)(F)F)[C@@H]2CCCC[C@@H]2Oc2ccccc2C1=O. The highest BCUT2D eigenvalue weighted by molar-refractivity contribution is 5.97. The van der Waals surface area contributed by atoms with Crippen LogP contribution in [-0.2, 0) is 4.79 Å². The first-order chi connectivity index (χ1) is 15.3. The molecular weight excluding hydrogens is 421 g/mol. The second kappa shape index (κ2) is 11.1. The Labute approximate surface area is 187 Å². The zero-order valence-electron chi connectivity index (χ0n) is 18.7. The van der Waals surface area contributed by atoms with Crippen molar-refractivity contribution >= 4 is 11.8 Å². The summed E-state index contributed by atoms with van der Waals surface area (Å²) in [7, 11) is 0. The van der Waals surface area contributed by atoms with Crippen molar-refractivity contribution in [1.29, 1.82) is 0 Å². The number of ether oxygens (including phenoxy) is 1. The Morgan fingerprint density at radius 2 is 1.78 bits per heavy atom. The number of hydrogen-bond donors (Lipinski definition) is 0. The highest BCUT2D eigenvalue weighted by Gasteiger charge is 2.37. The first kappa shape index (κ1) is 24.4. The number of carbonyl (C=O) groups excluding carboxylic acids is 2. The van der Waals surface area contributed by atoms with Crippen molar-refractivity contribution in [2.75, 3.05) is 19.6 Å². The second-order valence-electron chi connectivity index (χ2n) is 8.65. The van der Waals surface area contributed by atoms with Gasteiger partial charge in [-0.25, -0.2) is 0 Å². The highest BCUT2D eigenvalue weighted by atomic mass is 19.4. The van der Waals surface area contributed by atoms with E-state index in [0.29, 0.717) is 50.2 Å². The fraction of sp³-hybridized carbons (Fsp3) is 0.667. The standard InChI is InChI=1S/C24H33F3N2O3/c1-2-28-16-8-3-9-17-29(22(30)14-15-24(25,26)27)19-11-5-7-13-21(19)32-20-12-6-4-10-18(20)23(28)31/h4,6,10,12,19,21H,2-3,5,7-9,11,13-17H2,1H3/t19-,21+/m1/s1. The van der Waals surface area contributed by atoms with Crippen molar-refractivity contribution < 1.29 is 27.5 Å². The predicted molar refractivity (Wildman–Crippen MR) is 116 cm³/mol. The van der Waals surface area contributed by atoms with E-state index in [1.54, 1.807) is 28.0 Å². The van der Waals surface area contributed by atoms with Gasteiger partial charge in [0.15, 0.2) is 0 Å². The first-order valence-corrected chi connectivity index (χ1v) is 11.7.